The Morgan fingerprint density at radius 1 is 1.29 bits per heavy atom. The molecule has 2 rings (SSSR count). The van der Waals surface area contributed by atoms with Crippen LogP contribution in [0, 0.1) is 0 Å². The van der Waals surface area contributed by atoms with Crippen LogP contribution in [0.4, 0.5) is 0 Å². The predicted octanol–water partition coefficient (Wildman–Crippen LogP) is 2.87. The summed E-state index contributed by atoms with van der Waals surface area (Å²) in [6.45, 7) is 7.45. The topological polar surface area (TPSA) is 54.7 Å². The molecule has 1 saturated carbocycles. The number of H-pyrrole nitrogens is 1. The molecule has 1 fully saturated rings. The fourth-order valence-electron chi connectivity index (χ4n) is 3.07. The first-order valence-corrected chi connectivity index (χ1v) is 6.74. The van der Waals surface area contributed by atoms with E-state index in [2.05, 4.69) is 31.0 Å². The van der Waals surface area contributed by atoms with E-state index in [-0.39, 0.29) is 10.8 Å². The Bertz CT molecular complexity index is 367. The average molecular weight is 235 g/mol. The largest absolute Gasteiger partial charge is 0.330 e. The summed E-state index contributed by atoms with van der Waals surface area (Å²) in [4.78, 5) is 0. The van der Waals surface area contributed by atoms with E-state index in [0.717, 1.165) is 6.54 Å². The van der Waals surface area contributed by atoms with Crippen LogP contribution in [0.2, 0.25) is 0 Å². The molecule has 0 atom stereocenters. The first-order valence-electron chi connectivity index (χ1n) is 6.74. The summed E-state index contributed by atoms with van der Waals surface area (Å²) in [7, 11) is 0. The normalized spacial score (nSPS) is 20.5. The van der Waals surface area contributed by atoms with Crippen molar-refractivity contribution >= 4 is 0 Å². The Kier molecular flexibility index (Phi) is 3.30. The van der Waals surface area contributed by atoms with Gasteiger partial charge in [0.15, 0.2) is 0 Å². The Labute approximate surface area is 104 Å². The zero-order valence-corrected chi connectivity index (χ0v) is 11.3. The SMILES string of the molecule is CC(C)(C)c1[nH]ncc1C1(CN)CCCCC1. The van der Waals surface area contributed by atoms with Crippen molar-refractivity contribution < 1.29 is 0 Å². The molecule has 1 aromatic heterocycles. The molecule has 3 nitrogen and oxygen atoms in total. The number of hydrogen-bond acceptors (Lipinski definition) is 2. The minimum atomic E-state index is 0.117. The highest BCUT2D eigenvalue weighted by Gasteiger charge is 2.37. The van der Waals surface area contributed by atoms with Gasteiger partial charge < -0.3 is 5.73 Å². The lowest BCUT2D eigenvalue weighted by Crippen LogP contribution is -2.38. The maximum Gasteiger partial charge on any atom is 0.0528 e. The van der Waals surface area contributed by atoms with Gasteiger partial charge in [-0.2, -0.15) is 5.10 Å². The van der Waals surface area contributed by atoms with Crippen LogP contribution in [0.15, 0.2) is 6.20 Å². The first-order chi connectivity index (χ1) is 7.99. The Morgan fingerprint density at radius 3 is 2.47 bits per heavy atom. The fraction of sp³-hybridized carbons (Fsp3) is 0.786. The predicted molar refractivity (Wildman–Crippen MR) is 71.1 cm³/mol. The molecule has 1 aromatic rings. The van der Waals surface area contributed by atoms with Gasteiger partial charge in [-0.25, -0.2) is 0 Å². The highest BCUT2D eigenvalue weighted by Crippen LogP contribution is 2.42. The molecule has 0 aliphatic heterocycles. The summed E-state index contributed by atoms with van der Waals surface area (Å²) >= 11 is 0. The molecule has 3 heteroatoms. The lowest BCUT2D eigenvalue weighted by Gasteiger charge is -2.38. The van der Waals surface area contributed by atoms with Gasteiger partial charge in [-0.15, -0.1) is 0 Å². The number of nitrogens with zero attached hydrogens (tertiary/aromatic N) is 1. The Morgan fingerprint density at radius 2 is 1.94 bits per heavy atom. The number of nitrogens with two attached hydrogens (primary N) is 1. The lowest BCUT2D eigenvalue weighted by molar-refractivity contribution is 0.296. The van der Waals surface area contributed by atoms with Gasteiger partial charge in [-0.1, -0.05) is 40.0 Å². The van der Waals surface area contributed by atoms with Gasteiger partial charge in [0.25, 0.3) is 0 Å². The summed E-state index contributed by atoms with van der Waals surface area (Å²) in [5.41, 5.74) is 9.03. The number of nitrogens with one attached hydrogen (secondary N) is 1. The van der Waals surface area contributed by atoms with Crippen LogP contribution in [-0.2, 0) is 10.8 Å². The van der Waals surface area contributed by atoms with Crippen molar-refractivity contribution in [1.29, 1.82) is 0 Å². The van der Waals surface area contributed by atoms with Crippen LogP contribution in [0.3, 0.4) is 0 Å². The zero-order chi connectivity index (χ0) is 12.5. The molecular weight excluding hydrogens is 210 g/mol. The molecule has 0 radical (unpaired) electrons. The van der Waals surface area contributed by atoms with Crippen molar-refractivity contribution in [2.75, 3.05) is 6.54 Å². The molecular formula is C14H25N3. The third-order valence-corrected chi connectivity index (χ3v) is 4.16. The molecule has 0 bridgehead atoms. The standard InChI is InChI=1S/C14H25N3/c1-13(2,3)12-11(9-16-17-12)14(10-15)7-5-4-6-8-14/h9H,4-8,10,15H2,1-3H3,(H,16,17). The molecule has 0 unspecified atom stereocenters. The third kappa shape index (κ3) is 2.25. The van der Waals surface area contributed by atoms with Crippen molar-refractivity contribution in [3.63, 3.8) is 0 Å². The van der Waals surface area contributed by atoms with Gasteiger partial charge in [0, 0.05) is 28.6 Å². The summed E-state index contributed by atoms with van der Waals surface area (Å²) in [5, 5.41) is 7.47. The van der Waals surface area contributed by atoms with E-state index >= 15 is 0 Å². The number of hydrogen-bond donors (Lipinski definition) is 2. The van der Waals surface area contributed by atoms with Crippen molar-refractivity contribution in [1.82, 2.24) is 10.2 Å². The monoisotopic (exact) mass is 235 g/mol. The molecule has 17 heavy (non-hydrogen) atoms. The summed E-state index contributed by atoms with van der Waals surface area (Å²) in [6.07, 6.45) is 8.39. The van der Waals surface area contributed by atoms with Crippen LogP contribution in [0.5, 0.6) is 0 Å². The van der Waals surface area contributed by atoms with Crippen LogP contribution in [0.1, 0.15) is 64.1 Å². The fourth-order valence-corrected chi connectivity index (χ4v) is 3.07. The van der Waals surface area contributed by atoms with Gasteiger partial charge in [0.2, 0.25) is 0 Å². The minimum absolute atomic E-state index is 0.117. The van der Waals surface area contributed by atoms with Gasteiger partial charge in [-0.05, 0) is 12.8 Å². The van der Waals surface area contributed by atoms with E-state index in [1.54, 1.807) is 0 Å². The highest BCUT2D eigenvalue weighted by molar-refractivity contribution is 5.32. The maximum atomic E-state index is 6.10. The molecule has 0 spiro atoms. The molecule has 0 amide bonds. The molecule has 96 valence electrons. The Hall–Kier alpha value is -0.830. The molecule has 0 saturated heterocycles. The molecule has 0 aromatic carbocycles. The van der Waals surface area contributed by atoms with Crippen LogP contribution >= 0.6 is 0 Å². The third-order valence-electron chi connectivity index (χ3n) is 4.16. The molecule has 1 aliphatic carbocycles. The van der Waals surface area contributed by atoms with Crippen LogP contribution in [-0.4, -0.2) is 16.7 Å². The maximum absolute atomic E-state index is 6.10. The van der Waals surface area contributed by atoms with Crippen molar-refractivity contribution in [3.8, 4) is 0 Å². The number of aromatic amines is 1. The van der Waals surface area contributed by atoms with Gasteiger partial charge in [-0.3, -0.25) is 5.10 Å². The number of aromatic nitrogens is 2. The lowest BCUT2D eigenvalue weighted by atomic mass is 9.67. The van der Waals surface area contributed by atoms with E-state index in [1.165, 1.54) is 43.4 Å². The average Bonchev–Trinajstić information content (AvgIpc) is 2.79. The van der Waals surface area contributed by atoms with Crippen molar-refractivity contribution in [3.05, 3.63) is 17.5 Å². The number of rotatable bonds is 2. The highest BCUT2D eigenvalue weighted by atomic mass is 15.1. The second-order valence-corrected chi connectivity index (χ2v) is 6.45. The van der Waals surface area contributed by atoms with Crippen molar-refractivity contribution in [2.45, 2.75) is 63.7 Å². The summed E-state index contributed by atoms with van der Waals surface area (Å²) in [6, 6.07) is 0. The van der Waals surface area contributed by atoms with E-state index in [9.17, 15) is 0 Å². The molecule has 1 heterocycles. The summed E-state index contributed by atoms with van der Waals surface area (Å²) in [5.74, 6) is 0. The first kappa shape index (κ1) is 12.6. The Balaban J connectivity index is 2.40. The minimum Gasteiger partial charge on any atom is -0.330 e. The van der Waals surface area contributed by atoms with E-state index in [4.69, 9.17) is 5.73 Å². The zero-order valence-electron chi connectivity index (χ0n) is 11.3. The van der Waals surface area contributed by atoms with Crippen molar-refractivity contribution in [2.24, 2.45) is 5.73 Å². The van der Waals surface area contributed by atoms with Crippen LogP contribution < -0.4 is 5.73 Å². The quantitative estimate of drug-likeness (QED) is 0.828. The van der Waals surface area contributed by atoms with Crippen LogP contribution in [0.25, 0.3) is 0 Å². The van der Waals surface area contributed by atoms with Gasteiger partial charge >= 0.3 is 0 Å². The van der Waals surface area contributed by atoms with E-state index in [0.29, 0.717) is 0 Å². The smallest absolute Gasteiger partial charge is 0.0528 e. The summed E-state index contributed by atoms with van der Waals surface area (Å²) < 4.78 is 0. The van der Waals surface area contributed by atoms with Gasteiger partial charge in [0.1, 0.15) is 0 Å². The molecule has 1 aliphatic rings. The van der Waals surface area contributed by atoms with E-state index < -0.39 is 0 Å². The molecule has 3 N–H and O–H groups in total. The van der Waals surface area contributed by atoms with Gasteiger partial charge in [0.05, 0.1) is 6.20 Å². The van der Waals surface area contributed by atoms with E-state index in [1.807, 2.05) is 6.20 Å². The second kappa shape index (κ2) is 4.45. The second-order valence-electron chi connectivity index (χ2n) is 6.45.